The summed E-state index contributed by atoms with van der Waals surface area (Å²) in [5.41, 5.74) is 2.76. The molecule has 8 heteroatoms. The van der Waals surface area contributed by atoms with Gasteiger partial charge < -0.3 is 15.2 Å². The van der Waals surface area contributed by atoms with Crippen molar-refractivity contribution in [2.75, 3.05) is 19.7 Å². The van der Waals surface area contributed by atoms with Gasteiger partial charge in [0.05, 0.1) is 29.5 Å². The van der Waals surface area contributed by atoms with E-state index < -0.39 is 5.60 Å². The Labute approximate surface area is 168 Å². The van der Waals surface area contributed by atoms with Crippen LogP contribution in [0.1, 0.15) is 46.7 Å². The minimum Gasteiger partial charge on any atom is -0.506 e. The molecule has 2 aromatic heterocycles. The van der Waals surface area contributed by atoms with Crippen LogP contribution in [-0.4, -0.2) is 57.2 Å². The number of rotatable bonds is 4. The summed E-state index contributed by atoms with van der Waals surface area (Å²) in [6.45, 7) is 4.55. The summed E-state index contributed by atoms with van der Waals surface area (Å²) in [5.74, 6) is 0.159. The molecule has 2 aliphatic rings. The Hall–Kier alpha value is -2.03. The van der Waals surface area contributed by atoms with Gasteiger partial charge in [0, 0.05) is 25.8 Å². The second-order valence-corrected chi connectivity index (χ2v) is 8.49. The second kappa shape index (κ2) is 8.14. The van der Waals surface area contributed by atoms with Crippen LogP contribution in [0.4, 0.5) is 0 Å². The maximum atomic E-state index is 12.8. The quantitative estimate of drug-likeness (QED) is 0.817. The van der Waals surface area contributed by atoms with Crippen LogP contribution < -0.4 is 5.32 Å². The molecule has 28 heavy (non-hydrogen) atoms. The van der Waals surface area contributed by atoms with Crippen LogP contribution >= 0.6 is 11.3 Å². The van der Waals surface area contributed by atoms with E-state index in [4.69, 9.17) is 4.74 Å². The zero-order valence-corrected chi connectivity index (χ0v) is 16.9. The van der Waals surface area contributed by atoms with E-state index in [-0.39, 0.29) is 17.7 Å². The van der Waals surface area contributed by atoms with E-state index in [1.165, 1.54) is 11.3 Å². The third-order valence-electron chi connectivity index (χ3n) is 5.76. The highest BCUT2D eigenvalue weighted by Crippen LogP contribution is 2.36. The molecule has 0 unspecified atom stereocenters. The van der Waals surface area contributed by atoms with E-state index in [2.05, 4.69) is 20.2 Å². The molecule has 0 aromatic carbocycles. The largest absolute Gasteiger partial charge is 0.506 e. The van der Waals surface area contributed by atoms with Gasteiger partial charge >= 0.3 is 0 Å². The molecule has 1 saturated carbocycles. The third-order valence-corrected chi connectivity index (χ3v) is 6.69. The summed E-state index contributed by atoms with van der Waals surface area (Å²) in [7, 11) is 0. The lowest BCUT2D eigenvalue weighted by Gasteiger charge is -2.49. The second-order valence-electron chi connectivity index (χ2n) is 7.63. The number of hydrogen-bond acceptors (Lipinski definition) is 7. The molecule has 1 aliphatic heterocycles. The number of aromatic nitrogens is 2. The fourth-order valence-corrected chi connectivity index (χ4v) is 5.00. The Balaban J connectivity index is 1.49. The summed E-state index contributed by atoms with van der Waals surface area (Å²) in [5, 5.41) is 13.3. The molecule has 3 heterocycles. The highest BCUT2D eigenvalue weighted by Gasteiger charge is 2.46. The highest BCUT2D eigenvalue weighted by atomic mass is 32.1. The number of aryl methyl sites for hydroxylation is 1. The van der Waals surface area contributed by atoms with Crippen LogP contribution in [-0.2, 0) is 11.3 Å². The zero-order valence-electron chi connectivity index (χ0n) is 16.1. The van der Waals surface area contributed by atoms with Crippen molar-refractivity contribution in [1.29, 1.82) is 0 Å². The fraction of sp³-hybridized carbons (Fsp3) is 0.550. The molecule has 2 atom stereocenters. The molecule has 1 saturated heterocycles. The highest BCUT2D eigenvalue weighted by molar-refractivity contribution is 7.11. The lowest BCUT2D eigenvalue weighted by atomic mass is 9.78. The van der Waals surface area contributed by atoms with Crippen LogP contribution in [0.3, 0.4) is 0 Å². The molecule has 1 amide bonds. The van der Waals surface area contributed by atoms with Crippen LogP contribution in [0, 0.1) is 6.92 Å². The third kappa shape index (κ3) is 3.90. The van der Waals surface area contributed by atoms with Crippen molar-refractivity contribution in [3.63, 3.8) is 0 Å². The first kappa shape index (κ1) is 19.3. The van der Waals surface area contributed by atoms with Crippen LogP contribution in [0.15, 0.2) is 23.8 Å². The first-order valence-corrected chi connectivity index (χ1v) is 10.7. The van der Waals surface area contributed by atoms with Crippen molar-refractivity contribution < 1.29 is 14.6 Å². The maximum absolute atomic E-state index is 12.8. The Morgan fingerprint density at radius 2 is 2.36 bits per heavy atom. The van der Waals surface area contributed by atoms with Gasteiger partial charge in [-0.2, -0.15) is 0 Å². The maximum Gasteiger partial charge on any atom is 0.263 e. The number of aromatic hydroxyl groups is 1. The number of nitrogens with one attached hydrogen (secondary N) is 1. The van der Waals surface area contributed by atoms with Gasteiger partial charge in [-0.3, -0.25) is 14.7 Å². The molecule has 0 radical (unpaired) electrons. The lowest BCUT2D eigenvalue weighted by molar-refractivity contribution is -0.143. The van der Waals surface area contributed by atoms with Crippen LogP contribution in [0.25, 0.3) is 0 Å². The summed E-state index contributed by atoms with van der Waals surface area (Å²) >= 11 is 1.37. The predicted molar refractivity (Wildman–Crippen MR) is 106 cm³/mol. The molecular weight excluding hydrogens is 376 g/mol. The number of morpholine rings is 1. The summed E-state index contributed by atoms with van der Waals surface area (Å²) in [4.78, 5) is 24.2. The Morgan fingerprint density at radius 3 is 3.14 bits per heavy atom. The number of thiazole rings is 1. The molecular formula is C20H26N4O3S. The molecule has 2 fully saturated rings. The van der Waals surface area contributed by atoms with E-state index in [1.807, 2.05) is 6.92 Å². The molecule has 2 aromatic rings. The molecule has 2 N–H and O–H groups in total. The number of carbonyl (C=O) groups excluding carboxylic acids is 1. The van der Waals surface area contributed by atoms with Gasteiger partial charge in [0.15, 0.2) is 0 Å². The first-order chi connectivity index (χ1) is 13.6. The standard InChI is InChI=1S/C20H26N4O3S/c1-14-18(28-13-22-14)19(26)23-17-6-2-3-7-20(17)12-24(9-10-27-20)11-15-16(25)5-4-8-21-15/h4-5,8,13,17,25H,2-3,6-7,9-12H2,1H3,(H,23,26)/t17-,20+/m0/s1. The topological polar surface area (TPSA) is 87.6 Å². The van der Waals surface area contributed by atoms with Crippen molar-refractivity contribution in [3.05, 3.63) is 40.1 Å². The van der Waals surface area contributed by atoms with Gasteiger partial charge in [-0.1, -0.05) is 12.8 Å². The summed E-state index contributed by atoms with van der Waals surface area (Å²) < 4.78 is 6.31. The van der Waals surface area contributed by atoms with Crippen molar-refractivity contribution in [2.24, 2.45) is 0 Å². The van der Waals surface area contributed by atoms with Crippen LogP contribution in [0.2, 0.25) is 0 Å². The summed E-state index contributed by atoms with van der Waals surface area (Å²) in [6, 6.07) is 3.36. The summed E-state index contributed by atoms with van der Waals surface area (Å²) in [6.07, 6.45) is 5.70. The van der Waals surface area contributed by atoms with Gasteiger partial charge in [-0.05, 0) is 31.9 Å². The van der Waals surface area contributed by atoms with Gasteiger partial charge in [-0.25, -0.2) is 4.98 Å². The predicted octanol–water partition coefficient (Wildman–Crippen LogP) is 2.50. The van der Waals surface area contributed by atoms with Crippen molar-refractivity contribution in [3.8, 4) is 5.75 Å². The van der Waals surface area contributed by atoms with Gasteiger partial charge in [0.25, 0.3) is 5.91 Å². The van der Waals surface area contributed by atoms with E-state index in [0.717, 1.165) is 44.5 Å². The zero-order chi connectivity index (χ0) is 19.6. The fourth-order valence-electron chi connectivity index (χ4n) is 4.30. The number of ether oxygens (including phenoxy) is 1. The van der Waals surface area contributed by atoms with E-state index in [1.54, 1.807) is 23.8 Å². The van der Waals surface area contributed by atoms with Crippen molar-refractivity contribution in [2.45, 2.75) is 50.8 Å². The Kier molecular flexibility index (Phi) is 5.61. The van der Waals surface area contributed by atoms with E-state index in [9.17, 15) is 9.90 Å². The minimum atomic E-state index is -0.394. The number of amides is 1. The molecule has 4 rings (SSSR count). The SMILES string of the molecule is Cc1ncsc1C(=O)N[C@H]1CCCC[C@@]12CN(Cc1ncccc1O)CCO2. The first-order valence-electron chi connectivity index (χ1n) is 9.77. The van der Waals surface area contributed by atoms with Gasteiger partial charge in [0.1, 0.15) is 16.2 Å². The smallest absolute Gasteiger partial charge is 0.263 e. The van der Waals surface area contributed by atoms with Crippen molar-refractivity contribution >= 4 is 17.2 Å². The minimum absolute atomic E-state index is 0.0321. The van der Waals surface area contributed by atoms with Crippen molar-refractivity contribution in [1.82, 2.24) is 20.2 Å². The molecule has 0 bridgehead atoms. The Morgan fingerprint density at radius 1 is 1.46 bits per heavy atom. The number of nitrogens with zero attached hydrogens (tertiary/aromatic N) is 3. The average Bonchev–Trinajstić information content (AvgIpc) is 3.12. The molecule has 150 valence electrons. The molecule has 1 aliphatic carbocycles. The van der Waals surface area contributed by atoms with Crippen LogP contribution in [0.5, 0.6) is 5.75 Å². The molecule has 7 nitrogen and oxygen atoms in total. The van der Waals surface area contributed by atoms with E-state index in [0.29, 0.717) is 23.7 Å². The Bertz CT molecular complexity index is 838. The van der Waals surface area contributed by atoms with Gasteiger partial charge in [0.2, 0.25) is 0 Å². The van der Waals surface area contributed by atoms with E-state index >= 15 is 0 Å². The molecule has 1 spiro atoms. The number of hydrogen-bond donors (Lipinski definition) is 2. The monoisotopic (exact) mass is 402 g/mol. The number of pyridine rings is 1. The number of carbonyl (C=O) groups is 1. The lowest BCUT2D eigenvalue weighted by Crippen LogP contribution is -2.63. The average molecular weight is 403 g/mol. The normalized spacial score (nSPS) is 25.7. The van der Waals surface area contributed by atoms with Gasteiger partial charge in [-0.15, -0.1) is 11.3 Å².